The summed E-state index contributed by atoms with van der Waals surface area (Å²) in [5.74, 6) is 0.729. The molecule has 1 aliphatic rings. The van der Waals surface area contributed by atoms with E-state index in [0.717, 1.165) is 18.9 Å². The number of hydrogen-bond donors (Lipinski definition) is 1. The van der Waals surface area contributed by atoms with Gasteiger partial charge in [0.15, 0.2) is 6.33 Å². The quantitative estimate of drug-likeness (QED) is 0.759. The average molecular weight is 181 g/mol. The lowest BCUT2D eigenvalue weighted by molar-refractivity contribution is 0.259. The third-order valence-electron chi connectivity index (χ3n) is 3.03. The largest absolute Gasteiger partial charge is 0.340 e. The van der Waals surface area contributed by atoms with Crippen LogP contribution in [0.4, 0.5) is 0 Å². The number of aromatic nitrogens is 2. The van der Waals surface area contributed by atoms with E-state index in [1.165, 1.54) is 32.0 Å². The second-order valence-corrected chi connectivity index (χ2v) is 3.92. The summed E-state index contributed by atoms with van der Waals surface area (Å²) in [5.41, 5.74) is 6.04. The van der Waals surface area contributed by atoms with Gasteiger partial charge in [0.25, 0.3) is 0 Å². The molecule has 0 aromatic carbocycles. The summed E-state index contributed by atoms with van der Waals surface area (Å²) in [7, 11) is 0. The molecule has 1 heterocycles. The van der Waals surface area contributed by atoms with Crippen LogP contribution in [0, 0.1) is 5.41 Å². The van der Waals surface area contributed by atoms with E-state index in [9.17, 15) is 0 Å². The third kappa shape index (κ3) is 1.72. The van der Waals surface area contributed by atoms with Crippen LogP contribution in [0.5, 0.6) is 0 Å². The topological polar surface area (TPSA) is 64.9 Å². The molecule has 0 bridgehead atoms. The smallest absolute Gasteiger partial charge is 0.226 e. The zero-order valence-corrected chi connectivity index (χ0v) is 7.70. The molecule has 1 aliphatic carbocycles. The van der Waals surface area contributed by atoms with Crippen molar-refractivity contribution in [3.8, 4) is 0 Å². The van der Waals surface area contributed by atoms with Gasteiger partial charge in [0.05, 0.1) is 0 Å². The molecular weight excluding hydrogens is 166 g/mol. The molecule has 0 atom stereocenters. The molecule has 0 unspecified atom stereocenters. The number of hydrogen-bond acceptors (Lipinski definition) is 4. The standard InChI is InChI=1S/C9H15N3O/c10-6-9(3-1-2-4-9)5-8-11-7-12-13-8/h7H,1-6,10H2. The first kappa shape index (κ1) is 8.69. The highest BCUT2D eigenvalue weighted by Gasteiger charge is 2.34. The maximum atomic E-state index is 5.80. The minimum absolute atomic E-state index is 0.243. The van der Waals surface area contributed by atoms with E-state index in [-0.39, 0.29) is 5.41 Å². The average Bonchev–Trinajstić information content (AvgIpc) is 2.77. The fraction of sp³-hybridized carbons (Fsp3) is 0.778. The molecule has 0 saturated heterocycles. The summed E-state index contributed by atoms with van der Waals surface area (Å²) < 4.78 is 5.01. The molecule has 72 valence electrons. The molecule has 4 heteroatoms. The van der Waals surface area contributed by atoms with Crippen molar-refractivity contribution in [3.05, 3.63) is 12.2 Å². The first-order valence-corrected chi connectivity index (χ1v) is 4.80. The summed E-state index contributed by atoms with van der Waals surface area (Å²) in [6.07, 6.45) is 7.27. The van der Waals surface area contributed by atoms with Crippen molar-refractivity contribution in [1.29, 1.82) is 0 Å². The molecule has 2 N–H and O–H groups in total. The Morgan fingerprint density at radius 1 is 1.46 bits per heavy atom. The Balaban J connectivity index is 2.06. The maximum Gasteiger partial charge on any atom is 0.226 e. The molecule has 4 nitrogen and oxygen atoms in total. The van der Waals surface area contributed by atoms with Crippen LogP contribution in [0.1, 0.15) is 31.6 Å². The van der Waals surface area contributed by atoms with Gasteiger partial charge in [-0.2, -0.15) is 4.98 Å². The van der Waals surface area contributed by atoms with Crippen molar-refractivity contribution < 1.29 is 4.52 Å². The summed E-state index contributed by atoms with van der Waals surface area (Å²) in [6, 6.07) is 0. The van der Waals surface area contributed by atoms with Crippen molar-refractivity contribution >= 4 is 0 Å². The Labute approximate surface area is 77.5 Å². The van der Waals surface area contributed by atoms with Crippen LogP contribution < -0.4 is 5.73 Å². The monoisotopic (exact) mass is 181 g/mol. The first-order valence-electron chi connectivity index (χ1n) is 4.80. The van der Waals surface area contributed by atoms with Crippen LogP contribution in [0.2, 0.25) is 0 Å². The summed E-state index contributed by atoms with van der Waals surface area (Å²) in [5, 5.41) is 3.60. The molecule has 2 rings (SSSR count). The number of nitrogens with two attached hydrogens (primary N) is 1. The minimum atomic E-state index is 0.243. The van der Waals surface area contributed by atoms with Gasteiger partial charge in [0.2, 0.25) is 5.89 Å². The predicted octanol–water partition coefficient (Wildman–Crippen LogP) is 1.13. The second-order valence-electron chi connectivity index (χ2n) is 3.92. The highest BCUT2D eigenvalue weighted by molar-refractivity contribution is 4.93. The Hall–Kier alpha value is -0.900. The van der Waals surface area contributed by atoms with E-state index in [2.05, 4.69) is 10.1 Å². The highest BCUT2D eigenvalue weighted by atomic mass is 16.5. The van der Waals surface area contributed by atoms with Crippen molar-refractivity contribution in [2.45, 2.75) is 32.1 Å². The fourth-order valence-electron chi connectivity index (χ4n) is 2.17. The molecular formula is C9H15N3O. The third-order valence-corrected chi connectivity index (χ3v) is 3.03. The second kappa shape index (κ2) is 3.46. The lowest BCUT2D eigenvalue weighted by atomic mass is 9.83. The summed E-state index contributed by atoms with van der Waals surface area (Å²) in [4.78, 5) is 4.04. The SMILES string of the molecule is NCC1(Cc2ncno2)CCCC1. The van der Waals surface area contributed by atoms with Crippen molar-refractivity contribution in [1.82, 2.24) is 10.1 Å². The van der Waals surface area contributed by atoms with Crippen LogP contribution in [-0.4, -0.2) is 16.7 Å². The van der Waals surface area contributed by atoms with Gasteiger partial charge in [0, 0.05) is 6.42 Å². The van der Waals surface area contributed by atoms with Gasteiger partial charge in [-0.15, -0.1) is 0 Å². The minimum Gasteiger partial charge on any atom is -0.340 e. The van der Waals surface area contributed by atoms with Gasteiger partial charge in [-0.3, -0.25) is 0 Å². The predicted molar refractivity (Wildman–Crippen MR) is 48.0 cm³/mol. The number of rotatable bonds is 3. The van der Waals surface area contributed by atoms with Gasteiger partial charge in [-0.05, 0) is 24.8 Å². The van der Waals surface area contributed by atoms with Gasteiger partial charge < -0.3 is 10.3 Å². The van der Waals surface area contributed by atoms with Crippen LogP contribution >= 0.6 is 0 Å². The Morgan fingerprint density at radius 2 is 2.23 bits per heavy atom. The fourth-order valence-corrected chi connectivity index (χ4v) is 2.17. The van der Waals surface area contributed by atoms with E-state index < -0.39 is 0 Å². The molecule has 0 amide bonds. The zero-order chi connectivity index (χ0) is 9.15. The molecule has 0 spiro atoms. The van der Waals surface area contributed by atoms with Crippen LogP contribution in [0.3, 0.4) is 0 Å². The number of nitrogens with zero attached hydrogens (tertiary/aromatic N) is 2. The zero-order valence-electron chi connectivity index (χ0n) is 7.70. The van der Waals surface area contributed by atoms with Gasteiger partial charge >= 0.3 is 0 Å². The normalized spacial score (nSPS) is 20.7. The highest BCUT2D eigenvalue weighted by Crippen LogP contribution is 2.39. The summed E-state index contributed by atoms with van der Waals surface area (Å²) in [6.45, 7) is 0.732. The molecule has 1 aromatic heterocycles. The van der Waals surface area contributed by atoms with Crippen molar-refractivity contribution in [2.75, 3.05) is 6.54 Å². The summed E-state index contributed by atoms with van der Waals surface area (Å²) >= 11 is 0. The lowest BCUT2D eigenvalue weighted by Crippen LogP contribution is -2.29. The Kier molecular flexibility index (Phi) is 2.31. The van der Waals surface area contributed by atoms with E-state index in [0.29, 0.717) is 0 Å². The van der Waals surface area contributed by atoms with Gasteiger partial charge in [-0.25, -0.2) is 0 Å². The van der Waals surface area contributed by atoms with Crippen molar-refractivity contribution in [3.63, 3.8) is 0 Å². The van der Waals surface area contributed by atoms with Crippen LogP contribution in [0.15, 0.2) is 10.9 Å². The van der Waals surface area contributed by atoms with E-state index in [1.807, 2.05) is 0 Å². The Morgan fingerprint density at radius 3 is 2.77 bits per heavy atom. The molecule has 1 aromatic rings. The molecule has 0 aliphatic heterocycles. The van der Waals surface area contributed by atoms with E-state index in [4.69, 9.17) is 10.3 Å². The van der Waals surface area contributed by atoms with E-state index in [1.54, 1.807) is 0 Å². The van der Waals surface area contributed by atoms with Crippen molar-refractivity contribution in [2.24, 2.45) is 11.1 Å². The molecule has 1 fully saturated rings. The Bertz CT molecular complexity index is 252. The first-order chi connectivity index (χ1) is 6.35. The molecule has 13 heavy (non-hydrogen) atoms. The van der Waals surface area contributed by atoms with Gasteiger partial charge in [0.1, 0.15) is 0 Å². The van der Waals surface area contributed by atoms with Gasteiger partial charge in [-0.1, -0.05) is 18.0 Å². The maximum absolute atomic E-state index is 5.80. The van der Waals surface area contributed by atoms with Crippen LogP contribution in [-0.2, 0) is 6.42 Å². The molecule has 1 saturated carbocycles. The lowest BCUT2D eigenvalue weighted by Gasteiger charge is -2.24. The van der Waals surface area contributed by atoms with Crippen LogP contribution in [0.25, 0.3) is 0 Å². The van der Waals surface area contributed by atoms with E-state index >= 15 is 0 Å². The molecule has 0 radical (unpaired) electrons.